The second-order valence-electron chi connectivity index (χ2n) is 3.01. The Morgan fingerprint density at radius 1 is 0.562 bits per heavy atom. The summed E-state index contributed by atoms with van der Waals surface area (Å²) >= 11 is 0. The van der Waals surface area contributed by atoms with E-state index in [1.54, 1.807) is 0 Å². The van der Waals surface area contributed by atoms with Crippen LogP contribution in [-0.4, -0.2) is 0 Å². The maximum Gasteiger partial charge on any atom is 3.00 e. The van der Waals surface area contributed by atoms with Crippen molar-refractivity contribution in [1.29, 1.82) is 0 Å². The Morgan fingerprint density at radius 3 is 0.938 bits per heavy atom. The molecule has 0 saturated heterocycles. The van der Waals surface area contributed by atoms with Crippen LogP contribution in [0.2, 0.25) is 0 Å². The van der Waals surface area contributed by atoms with E-state index in [-0.39, 0.29) is 22.4 Å². The molecule has 0 N–H and O–H groups in total. The number of hydrogen-bond acceptors (Lipinski definition) is 0. The molecule has 0 saturated carbocycles. The van der Waals surface area contributed by atoms with Gasteiger partial charge in [0.15, 0.2) is 0 Å². The minimum absolute atomic E-state index is 0. The van der Waals surface area contributed by atoms with E-state index >= 15 is 0 Å². The Labute approximate surface area is 114 Å². The first kappa shape index (κ1) is 15.2. The Morgan fingerprint density at radius 2 is 0.875 bits per heavy atom. The van der Waals surface area contributed by atoms with Crippen LogP contribution < -0.4 is 0 Å². The average Bonchev–Trinajstić information content (AvgIpc) is 3.09. The van der Waals surface area contributed by atoms with Crippen LogP contribution in [0.25, 0.3) is 0 Å². The molecule has 3 rings (SSSR count). The van der Waals surface area contributed by atoms with Crippen LogP contribution in [0.4, 0.5) is 0 Å². The zero-order chi connectivity index (χ0) is 10.6. The van der Waals surface area contributed by atoms with Crippen LogP contribution in [0, 0.1) is 18.2 Å². The van der Waals surface area contributed by atoms with Gasteiger partial charge in [0.25, 0.3) is 0 Å². The summed E-state index contributed by atoms with van der Waals surface area (Å²) in [7, 11) is 0. The van der Waals surface area contributed by atoms with Gasteiger partial charge in [-0.2, -0.15) is 18.2 Å². The molecular weight excluding hydrogens is 377 g/mol. The van der Waals surface area contributed by atoms with Gasteiger partial charge in [-0.05, 0) is 0 Å². The van der Waals surface area contributed by atoms with Crippen molar-refractivity contribution in [2.24, 2.45) is 0 Å². The van der Waals surface area contributed by atoms with Crippen molar-refractivity contribution in [3.63, 3.8) is 0 Å². The van der Waals surface area contributed by atoms with E-state index < -0.39 is 0 Å². The van der Waals surface area contributed by atoms with Gasteiger partial charge in [0.2, 0.25) is 0 Å². The molecule has 0 nitrogen and oxygen atoms in total. The van der Waals surface area contributed by atoms with Crippen molar-refractivity contribution in [3.05, 3.63) is 72.9 Å². The Bertz CT molecular complexity index is 232. The van der Waals surface area contributed by atoms with Crippen molar-refractivity contribution in [1.82, 2.24) is 0 Å². The molecule has 0 bridgehead atoms. The third-order valence-corrected chi connectivity index (χ3v) is 1.76. The SMILES string of the molecule is [Au+3].[C-]1=CC=CC1.[C-]1=CC=CC1.[C-]1=CC=CC1. The monoisotopic (exact) mass is 392 g/mol. The van der Waals surface area contributed by atoms with Crippen LogP contribution in [0.5, 0.6) is 0 Å². The topological polar surface area (TPSA) is 0 Å². The Balaban J connectivity index is 0.000000205. The zero-order valence-corrected chi connectivity index (χ0v) is 11.3. The van der Waals surface area contributed by atoms with Crippen LogP contribution in [0.15, 0.2) is 54.7 Å². The molecule has 0 spiro atoms. The molecule has 3 aliphatic rings. The fourth-order valence-electron chi connectivity index (χ4n) is 1.02. The molecular formula is C15H15Au. The van der Waals surface area contributed by atoms with Gasteiger partial charge in [0.05, 0.1) is 0 Å². The normalized spacial score (nSPS) is 16.5. The van der Waals surface area contributed by atoms with Crippen molar-refractivity contribution in [3.8, 4) is 0 Å². The quantitative estimate of drug-likeness (QED) is 0.433. The van der Waals surface area contributed by atoms with E-state index in [2.05, 4.69) is 36.5 Å². The molecule has 0 fully saturated rings. The van der Waals surface area contributed by atoms with Crippen molar-refractivity contribution in [2.45, 2.75) is 19.3 Å². The largest absolute Gasteiger partial charge is 3.00 e. The minimum atomic E-state index is 0. The summed E-state index contributed by atoms with van der Waals surface area (Å²) in [4.78, 5) is 0. The maximum absolute atomic E-state index is 2.99. The number of hydrogen-bond donors (Lipinski definition) is 0. The molecule has 0 aromatic carbocycles. The maximum atomic E-state index is 2.99. The Kier molecular flexibility index (Phi) is 11.6. The molecule has 0 radical (unpaired) electrons. The zero-order valence-electron chi connectivity index (χ0n) is 9.12. The smallest absolute Gasteiger partial charge is 0.273 e. The van der Waals surface area contributed by atoms with Crippen LogP contribution in [0.1, 0.15) is 19.3 Å². The summed E-state index contributed by atoms with van der Waals surface area (Å²) in [6.07, 6.45) is 30.0. The van der Waals surface area contributed by atoms with E-state index in [0.717, 1.165) is 19.3 Å². The molecule has 1 heteroatoms. The molecule has 0 unspecified atom stereocenters. The van der Waals surface area contributed by atoms with Crippen molar-refractivity contribution >= 4 is 0 Å². The molecule has 16 heavy (non-hydrogen) atoms. The first-order valence-corrected chi connectivity index (χ1v) is 5.15. The molecule has 3 aliphatic carbocycles. The van der Waals surface area contributed by atoms with E-state index in [4.69, 9.17) is 0 Å². The van der Waals surface area contributed by atoms with Gasteiger partial charge in [-0.15, -0.1) is 19.3 Å². The standard InChI is InChI=1S/3C5H5.Au/c3*1-2-4-5-3-1;/h3*1-3H,4H2;/q3*-1;+3. The van der Waals surface area contributed by atoms with Gasteiger partial charge in [-0.25, -0.2) is 36.5 Å². The summed E-state index contributed by atoms with van der Waals surface area (Å²) in [5.74, 6) is 0. The predicted octanol–water partition coefficient (Wildman–Crippen LogP) is 3.91. The van der Waals surface area contributed by atoms with Gasteiger partial charge in [-0.1, -0.05) is 0 Å². The van der Waals surface area contributed by atoms with Gasteiger partial charge >= 0.3 is 22.4 Å². The third-order valence-electron chi connectivity index (χ3n) is 1.76. The molecule has 0 amide bonds. The first-order chi connectivity index (χ1) is 7.50. The second kappa shape index (κ2) is 12.3. The Hall–Kier alpha value is -0.820. The number of allylic oxidation sites excluding steroid dienone is 12. The van der Waals surface area contributed by atoms with Crippen molar-refractivity contribution in [2.75, 3.05) is 0 Å². The van der Waals surface area contributed by atoms with Crippen LogP contribution in [0.3, 0.4) is 0 Å². The van der Waals surface area contributed by atoms with E-state index in [1.165, 1.54) is 0 Å². The summed E-state index contributed by atoms with van der Waals surface area (Å²) < 4.78 is 0. The van der Waals surface area contributed by atoms with Crippen LogP contribution >= 0.6 is 0 Å². The van der Waals surface area contributed by atoms with Gasteiger partial charge in [0, 0.05) is 0 Å². The third kappa shape index (κ3) is 9.72. The fourth-order valence-corrected chi connectivity index (χ4v) is 1.02. The van der Waals surface area contributed by atoms with Gasteiger partial charge < -0.3 is 0 Å². The van der Waals surface area contributed by atoms with E-state index in [1.807, 2.05) is 36.5 Å². The van der Waals surface area contributed by atoms with E-state index in [9.17, 15) is 0 Å². The molecule has 0 heterocycles. The molecule has 0 aromatic heterocycles. The van der Waals surface area contributed by atoms with Gasteiger partial charge in [-0.3, -0.25) is 18.2 Å². The summed E-state index contributed by atoms with van der Waals surface area (Å²) in [6.45, 7) is 0. The van der Waals surface area contributed by atoms with Gasteiger partial charge in [0.1, 0.15) is 0 Å². The fraction of sp³-hybridized carbons (Fsp3) is 0.200. The molecule has 0 aliphatic heterocycles. The summed E-state index contributed by atoms with van der Waals surface area (Å²) in [6, 6.07) is 0. The summed E-state index contributed by atoms with van der Waals surface area (Å²) in [5.41, 5.74) is 0. The predicted molar refractivity (Wildman–Crippen MR) is 64.7 cm³/mol. The minimum Gasteiger partial charge on any atom is -0.273 e. The molecule has 86 valence electrons. The summed E-state index contributed by atoms with van der Waals surface area (Å²) in [5, 5.41) is 0. The average molecular weight is 392 g/mol. The van der Waals surface area contributed by atoms with E-state index in [0.29, 0.717) is 0 Å². The van der Waals surface area contributed by atoms with Crippen LogP contribution in [-0.2, 0) is 22.4 Å². The molecule has 0 aromatic rings. The van der Waals surface area contributed by atoms with Crippen molar-refractivity contribution < 1.29 is 22.4 Å². The molecule has 0 atom stereocenters. The second-order valence-corrected chi connectivity index (χ2v) is 3.01. The first-order valence-electron chi connectivity index (χ1n) is 5.15. The number of rotatable bonds is 0.